The number of aromatic nitrogens is 2. The fourth-order valence-corrected chi connectivity index (χ4v) is 2.76. The van der Waals surface area contributed by atoms with Crippen LogP contribution in [0.15, 0.2) is 60.7 Å². The standard InChI is InChI=1S/C20H17ClFN3O/c1-24(2)20-23-17(12-13-18(26)14-6-4-3-5-7-14)19(21)25(20)16-10-8-15(22)9-11-16/h3-13H,1-2H3. The van der Waals surface area contributed by atoms with Crippen molar-refractivity contribution in [1.29, 1.82) is 0 Å². The summed E-state index contributed by atoms with van der Waals surface area (Å²) in [5.74, 6) is 0.114. The van der Waals surface area contributed by atoms with E-state index in [9.17, 15) is 9.18 Å². The summed E-state index contributed by atoms with van der Waals surface area (Å²) in [6, 6.07) is 14.9. The van der Waals surface area contributed by atoms with Crippen molar-refractivity contribution in [2.75, 3.05) is 19.0 Å². The molecule has 0 aliphatic heterocycles. The Morgan fingerprint density at radius 1 is 1.12 bits per heavy atom. The molecule has 0 bridgehead atoms. The Kier molecular flexibility index (Phi) is 5.19. The van der Waals surface area contributed by atoms with Gasteiger partial charge in [0.05, 0.1) is 5.69 Å². The van der Waals surface area contributed by atoms with E-state index in [0.29, 0.717) is 28.0 Å². The molecule has 0 N–H and O–H groups in total. The first kappa shape index (κ1) is 17.9. The highest BCUT2D eigenvalue weighted by molar-refractivity contribution is 6.31. The number of halogens is 2. The Bertz CT molecular complexity index is 947. The van der Waals surface area contributed by atoms with Crippen LogP contribution >= 0.6 is 11.6 Å². The second kappa shape index (κ2) is 7.54. The first-order chi connectivity index (χ1) is 12.5. The molecule has 1 aromatic heterocycles. The molecule has 0 radical (unpaired) electrons. The number of anilines is 1. The Morgan fingerprint density at radius 3 is 2.38 bits per heavy atom. The Hall–Kier alpha value is -2.92. The van der Waals surface area contributed by atoms with Gasteiger partial charge in [-0.1, -0.05) is 41.9 Å². The summed E-state index contributed by atoms with van der Waals surface area (Å²) < 4.78 is 14.9. The summed E-state index contributed by atoms with van der Waals surface area (Å²) >= 11 is 6.49. The van der Waals surface area contributed by atoms with Crippen LogP contribution in [0.2, 0.25) is 5.15 Å². The van der Waals surface area contributed by atoms with E-state index in [2.05, 4.69) is 4.98 Å². The minimum atomic E-state index is -0.329. The van der Waals surface area contributed by atoms with Crippen molar-refractivity contribution in [2.24, 2.45) is 0 Å². The lowest BCUT2D eigenvalue weighted by atomic mass is 10.1. The molecule has 0 amide bonds. The maximum absolute atomic E-state index is 13.2. The molecule has 0 saturated carbocycles. The fourth-order valence-electron chi connectivity index (χ4n) is 2.48. The number of ketones is 1. The van der Waals surface area contributed by atoms with Gasteiger partial charge in [-0.15, -0.1) is 0 Å². The van der Waals surface area contributed by atoms with Crippen LogP contribution in [-0.4, -0.2) is 29.4 Å². The largest absolute Gasteiger partial charge is 0.348 e. The summed E-state index contributed by atoms with van der Waals surface area (Å²) in [6.45, 7) is 0. The number of benzene rings is 2. The summed E-state index contributed by atoms with van der Waals surface area (Å²) in [7, 11) is 3.67. The third-order valence-electron chi connectivity index (χ3n) is 3.76. The number of allylic oxidation sites excluding steroid dienone is 1. The van der Waals surface area contributed by atoms with E-state index < -0.39 is 0 Å². The van der Waals surface area contributed by atoms with E-state index in [1.807, 2.05) is 32.3 Å². The lowest BCUT2D eigenvalue weighted by Crippen LogP contribution is -2.14. The monoisotopic (exact) mass is 369 g/mol. The van der Waals surface area contributed by atoms with Crippen molar-refractivity contribution in [3.05, 3.63) is 82.9 Å². The van der Waals surface area contributed by atoms with Gasteiger partial charge in [-0.2, -0.15) is 0 Å². The van der Waals surface area contributed by atoms with Crippen LogP contribution in [0.5, 0.6) is 0 Å². The SMILES string of the molecule is CN(C)c1nc(C=CC(=O)c2ccccc2)c(Cl)n1-c1ccc(F)cc1. The maximum Gasteiger partial charge on any atom is 0.211 e. The molecule has 0 atom stereocenters. The molecule has 3 aromatic rings. The first-order valence-electron chi connectivity index (χ1n) is 7.96. The minimum Gasteiger partial charge on any atom is -0.348 e. The molecule has 3 rings (SSSR count). The van der Waals surface area contributed by atoms with E-state index in [-0.39, 0.29) is 11.6 Å². The van der Waals surface area contributed by atoms with E-state index in [0.717, 1.165) is 0 Å². The predicted octanol–water partition coefficient (Wildman–Crippen LogP) is 4.63. The average molecular weight is 370 g/mol. The molecule has 4 nitrogen and oxygen atoms in total. The molecule has 6 heteroatoms. The Labute approximate surface area is 156 Å². The Morgan fingerprint density at radius 2 is 1.77 bits per heavy atom. The summed E-state index contributed by atoms with van der Waals surface area (Å²) in [5.41, 5.74) is 1.73. The molecule has 0 spiro atoms. The molecule has 0 fully saturated rings. The molecule has 0 aliphatic carbocycles. The molecule has 1 heterocycles. The van der Waals surface area contributed by atoms with Gasteiger partial charge in [0, 0.05) is 19.7 Å². The van der Waals surface area contributed by atoms with Crippen LogP contribution in [-0.2, 0) is 0 Å². The molecule has 0 saturated heterocycles. The van der Waals surface area contributed by atoms with Crippen LogP contribution < -0.4 is 4.90 Å². The van der Waals surface area contributed by atoms with Crippen LogP contribution in [0, 0.1) is 5.82 Å². The lowest BCUT2D eigenvalue weighted by Gasteiger charge is -2.14. The molecule has 0 unspecified atom stereocenters. The van der Waals surface area contributed by atoms with Crippen molar-refractivity contribution in [3.8, 4) is 5.69 Å². The molecule has 26 heavy (non-hydrogen) atoms. The smallest absolute Gasteiger partial charge is 0.211 e. The highest BCUT2D eigenvalue weighted by Gasteiger charge is 2.17. The lowest BCUT2D eigenvalue weighted by molar-refractivity contribution is 0.104. The van der Waals surface area contributed by atoms with Crippen LogP contribution in [0.4, 0.5) is 10.3 Å². The molecular weight excluding hydrogens is 353 g/mol. The number of imidazole rings is 1. The topological polar surface area (TPSA) is 38.1 Å². The summed E-state index contributed by atoms with van der Waals surface area (Å²) in [4.78, 5) is 18.5. The van der Waals surface area contributed by atoms with Crippen molar-refractivity contribution in [1.82, 2.24) is 9.55 Å². The number of carbonyl (C=O) groups excluding carboxylic acids is 1. The molecular formula is C20H17ClFN3O. The van der Waals surface area contributed by atoms with Crippen LogP contribution in [0.1, 0.15) is 16.1 Å². The van der Waals surface area contributed by atoms with E-state index in [4.69, 9.17) is 11.6 Å². The van der Waals surface area contributed by atoms with Crippen LogP contribution in [0.3, 0.4) is 0 Å². The second-order valence-corrected chi connectivity index (χ2v) is 6.22. The number of rotatable bonds is 5. The van der Waals surface area contributed by atoms with E-state index >= 15 is 0 Å². The number of hydrogen-bond acceptors (Lipinski definition) is 3. The Balaban J connectivity index is 1.98. The molecule has 132 valence electrons. The van der Waals surface area contributed by atoms with Crippen molar-refractivity contribution < 1.29 is 9.18 Å². The maximum atomic E-state index is 13.2. The zero-order valence-electron chi connectivity index (χ0n) is 14.4. The highest BCUT2D eigenvalue weighted by Crippen LogP contribution is 2.29. The zero-order chi connectivity index (χ0) is 18.7. The molecule has 0 aliphatic rings. The van der Waals surface area contributed by atoms with Gasteiger partial charge >= 0.3 is 0 Å². The predicted molar refractivity (Wildman–Crippen MR) is 103 cm³/mol. The fraction of sp³-hybridized carbons (Fsp3) is 0.100. The normalized spacial score (nSPS) is 11.1. The number of carbonyl (C=O) groups is 1. The third kappa shape index (κ3) is 3.68. The molecule has 2 aromatic carbocycles. The number of hydrogen-bond donors (Lipinski definition) is 0. The second-order valence-electron chi connectivity index (χ2n) is 5.86. The van der Waals surface area contributed by atoms with Gasteiger partial charge in [-0.25, -0.2) is 9.37 Å². The summed E-state index contributed by atoms with van der Waals surface area (Å²) in [5, 5.41) is 0.345. The third-order valence-corrected chi connectivity index (χ3v) is 4.13. The van der Waals surface area contributed by atoms with Crippen LogP contribution in [0.25, 0.3) is 11.8 Å². The van der Waals surface area contributed by atoms with Gasteiger partial charge in [-0.05, 0) is 36.4 Å². The van der Waals surface area contributed by atoms with Crippen molar-refractivity contribution in [3.63, 3.8) is 0 Å². The van der Waals surface area contributed by atoms with Gasteiger partial charge in [0.1, 0.15) is 16.7 Å². The van der Waals surface area contributed by atoms with Crippen molar-refractivity contribution in [2.45, 2.75) is 0 Å². The van der Waals surface area contributed by atoms with Crippen molar-refractivity contribution >= 4 is 29.4 Å². The van der Waals surface area contributed by atoms with Gasteiger partial charge in [0.25, 0.3) is 0 Å². The average Bonchev–Trinajstić information content (AvgIpc) is 2.98. The highest BCUT2D eigenvalue weighted by atomic mass is 35.5. The van der Waals surface area contributed by atoms with Gasteiger partial charge in [0.2, 0.25) is 5.95 Å². The zero-order valence-corrected chi connectivity index (χ0v) is 15.1. The quantitative estimate of drug-likeness (QED) is 0.486. The van der Waals surface area contributed by atoms with E-state index in [1.165, 1.54) is 18.2 Å². The summed E-state index contributed by atoms with van der Waals surface area (Å²) in [6.07, 6.45) is 3.03. The van der Waals surface area contributed by atoms with E-state index in [1.54, 1.807) is 39.8 Å². The minimum absolute atomic E-state index is 0.135. The van der Waals surface area contributed by atoms with Gasteiger partial charge in [0.15, 0.2) is 5.78 Å². The van der Waals surface area contributed by atoms with Gasteiger partial charge < -0.3 is 4.90 Å². The number of nitrogens with zero attached hydrogens (tertiary/aromatic N) is 3. The van der Waals surface area contributed by atoms with Gasteiger partial charge in [-0.3, -0.25) is 9.36 Å². The first-order valence-corrected chi connectivity index (χ1v) is 8.34.